The van der Waals surface area contributed by atoms with Gasteiger partial charge in [-0.15, -0.1) is 11.4 Å². The fraction of sp³-hybridized carbons (Fsp3) is 0.459. The second-order valence-electron chi connectivity index (χ2n) is 23.8. The minimum absolute atomic E-state index is 0. The summed E-state index contributed by atoms with van der Waals surface area (Å²) in [5.41, 5.74) is 19.8. The number of hydrogen-bond donors (Lipinski definition) is 2. The monoisotopic (exact) mass is 1160 g/mol. The van der Waals surface area contributed by atoms with Crippen LogP contribution >= 0.6 is 0 Å². The third kappa shape index (κ3) is 29.7. The van der Waals surface area contributed by atoms with E-state index in [2.05, 4.69) is 245 Å². The topological polar surface area (TPSA) is 62.6 Å². The first kappa shape index (κ1) is 80.1. The first-order valence-corrected chi connectivity index (χ1v) is 29.2. The predicted octanol–water partition coefficient (Wildman–Crippen LogP) is 17.1. The summed E-state index contributed by atoms with van der Waals surface area (Å²) in [7, 11) is 7.62. The largest absolute Gasteiger partial charge is 2.00 e. The average Bonchev–Trinajstić information content (AvgIpc) is 3.37. The van der Waals surface area contributed by atoms with E-state index in [0.717, 1.165) is 34.2 Å². The molecule has 0 unspecified atom stereocenters. The number of allylic oxidation sites excluding steroid dienone is 4. The number of para-hydroxylation sites is 4. The van der Waals surface area contributed by atoms with E-state index in [-0.39, 0.29) is 75.5 Å². The number of benzene rings is 5. The molecule has 0 spiro atoms. The third-order valence-corrected chi connectivity index (χ3v) is 13.0. The minimum atomic E-state index is 0. The van der Waals surface area contributed by atoms with Crippen LogP contribution in [0.1, 0.15) is 230 Å². The van der Waals surface area contributed by atoms with Gasteiger partial charge in [0.25, 0.3) is 0 Å². The Morgan fingerprint density at radius 3 is 0.732 bits per heavy atom. The van der Waals surface area contributed by atoms with Gasteiger partial charge in [0.2, 0.25) is 11.4 Å². The van der Waals surface area contributed by atoms with E-state index < -0.39 is 0 Å². The van der Waals surface area contributed by atoms with E-state index in [1.807, 2.05) is 74.4 Å². The molecule has 0 radical (unpaired) electrons. The smallest absolute Gasteiger partial charge is 0.692 e. The first-order valence-electron chi connectivity index (χ1n) is 29.2. The van der Waals surface area contributed by atoms with Gasteiger partial charge >= 0.3 is 75.5 Å². The zero-order chi connectivity index (χ0) is 60.8. The molecule has 2 N–H and O–H groups in total. The van der Waals surface area contributed by atoms with Gasteiger partial charge in [0.15, 0.2) is 11.4 Å². The Labute approximate surface area is 563 Å². The molecule has 8 heteroatoms. The molecule has 82 heavy (non-hydrogen) atoms. The Balaban J connectivity index is 0. The van der Waals surface area contributed by atoms with E-state index in [0.29, 0.717) is 60.4 Å². The molecule has 0 fully saturated rings. The third-order valence-electron chi connectivity index (χ3n) is 13.0. The molecule has 5 aromatic rings. The summed E-state index contributed by atoms with van der Waals surface area (Å²) < 4.78 is 0. The van der Waals surface area contributed by atoms with Crippen molar-refractivity contribution in [2.24, 2.45) is 0 Å². The zero-order valence-corrected chi connectivity index (χ0v) is 60.2. The average molecular weight is 1160 g/mol. The van der Waals surface area contributed by atoms with Gasteiger partial charge in [-0.25, -0.2) is 9.98 Å². The number of rotatable bonds is 18. The van der Waals surface area contributed by atoms with Crippen molar-refractivity contribution < 1.29 is 9.98 Å². The van der Waals surface area contributed by atoms with Crippen LogP contribution in [0.5, 0.6) is 0 Å². The first-order chi connectivity index (χ1) is 37.6. The van der Waals surface area contributed by atoms with Crippen LogP contribution in [0, 0.1) is 24.7 Å². The Morgan fingerprint density at radius 2 is 0.573 bits per heavy atom. The summed E-state index contributed by atoms with van der Waals surface area (Å²) >= 11 is 0. The van der Waals surface area contributed by atoms with E-state index in [4.69, 9.17) is 23.5 Å². The molecular formula is C74H106Ca2N6+2. The Hall–Kier alpha value is -3.92. The fourth-order valence-corrected chi connectivity index (χ4v) is 8.88. The molecule has 434 valence electrons. The van der Waals surface area contributed by atoms with E-state index in [1.165, 1.54) is 55.9 Å². The molecule has 0 saturated heterocycles. The van der Waals surface area contributed by atoms with Gasteiger partial charge in [0, 0.05) is 49.2 Å². The molecule has 0 aliphatic carbocycles. The summed E-state index contributed by atoms with van der Waals surface area (Å²) in [6.45, 7) is 45.7. The van der Waals surface area contributed by atoms with Crippen molar-refractivity contribution in [2.75, 3.05) is 41.3 Å². The fourth-order valence-electron chi connectivity index (χ4n) is 8.88. The van der Waals surface area contributed by atoms with Crippen molar-refractivity contribution in [1.29, 1.82) is 0 Å². The summed E-state index contributed by atoms with van der Waals surface area (Å²) in [5, 5.41) is 10.2. The summed E-state index contributed by atoms with van der Waals surface area (Å²) in [4.78, 5) is 11.2. The van der Waals surface area contributed by atoms with Crippen molar-refractivity contribution in [3.05, 3.63) is 201 Å². The van der Waals surface area contributed by atoms with Crippen LogP contribution in [0.3, 0.4) is 0 Å². The molecule has 0 saturated carbocycles. The quantitative estimate of drug-likeness (QED) is 0.0397. The van der Waals surface area contributed by atoms with Crippen LogP contribution in [0.25, 0.3) is 10.6 Å². The van der Waals surface area contributed by atoms with Gasteiger partial charge in [-0.1, -0.05) is 256 Å². The van der Waals surface area contributed by atoms with Gasteiger partial charge in [-0.3, -0.25) is 0 Å². The molecular weight excluding hydrogens is 1050 g/mol. The van der Waals surface area contributed by atoms with Gasteiger partial charge in [0.1, 0.15) is 0 Å². The second-order valence-corrected chi connectivity index (χ2v) is 23.8. The Morgan fingerprint density at radius 1 is 0.378 bits per heavy atom. The maximum atomic E-state index is 6.44. The normalized spacial score (nSPS) is 11.7. The van der Waals surface area contributed by atoms with Gasteiger partial charge in [-0.05, 0) is 87.7 Å². The number of hydrogen-bond acceptors (Lipinski definition) is 2. The molecule has 0 heterocycles. The van der Waals surface area contributed by atoms with Crippen molar-refractivity contribution in [3.63, 3.8) is 0 Å². The SMILES string of the molecule is CC(/C=C(/C)[N-]c1c(C(C)C)cccc1C(C)C)=[NH+]c1c(C(C)C)cccc1C(C)C.CC(/C=C(/C)[N-]c1c(C(C)C)cccc1C(C)C)=[NH+]c1c(C(C)C)cccc1C(C)C.[C-]#CCN(C)C.[C-]#CCN(C)C.[Ca+2].[Ca+2].c1ccccc1. The zero-order valence-electron chi connectivity index (χ0n) is 55.8. The standard InChI is InChI=1S/2C29H41N2.C6H6.2C5H8N.2Ca/c2*1-18(2)24-13-11-14-25(19(3)4)28(24)30-22(9)17-23(10)31-29-26(20(5)6)15-12-16-27(29)21(7)8;1-2-4-6-5-3-1;2*1-4-5-6(2)3;;/h2*11-21H,1-10H3;1-6H;2*5H2,2-3H3;;/q2*-1;;2*-1;2*+2/p+2/b2*22-17-,31-23?;;;;;. The van der Waals surface area contributed by atoms with Crippen molar-refractivity contribution in [1.82, 2.24) is 9.80 Å². The van der Waals surface area contributed by atoms with E-state index in [1.54, 1.807) is 0 Å². The van der Waals surface area contributed by atoms with Crippen LogP contribution in [-0.4, -0.2) is 138 Å². The van der Waals surface area contributed by atoms with Gasteiger partial charge in [0.05, 0.1) is 0 Å². The van der Waals surface area contributed by atoms with Crippen LogP contribution in [0.15, 0.2) is 133 Å². The van der Waals surface area contributed by atoms with Crippen molar-refractivity contribution in [2.45, 2.75) is 186 Å². The number of nitrogens with one attached hydrogen (secondary N) is 2. The molecule has 0 aromatic heterocycles. The van der Waals surface area contributed by atoms with E-state index >= 15 is 0 Å². The molecule has 0 aliphatic heterocycles. The van der Waals surface area contributed by atoms with Crippen LogP contribution < -0.4 is 9.98 Å². The number of nitrogens with zero attached hydrogens (tertiary/aromatic N) is 4. The Bertz CT molecular complexity index is 2500. The molecule has 5 rings (SSSR count). The van der Waals surface area contributed by atoms with Gasteiger partial charge < -0.3 is 45.1 Å². The molecule has 0 atom stereocenters. The second kappa shape index (κ2) is 42.8. The Kier molecular flexibility index (Phi) is 41.8. The molecule has 0 amide bonds. The maximum Gasteiger partial charge on any atom is 2.00 e. The molecule has 0 bridgehead atoms. The molecule has 6 nitrogen and oxygen atoms in total. The molecule has 5 aromatic carbocycles. The summed E-state index contributed by atoms with van der Waals surface area (Å²) in [6, 6.07) is 38.5. The maximum absolute atomic E-state index is 6.44. The summed E-state index contributed by atoms with van der Waals surface area (Å²) in [5.74, 6) is 8.14. The van der Waals surface area contributed by atoms with Crippen LogP contribution in [-0.2, 0) is 0 Å². The van der Waals surface area contributed by atoms with Crippen LogP contribution in [0.4, 0.5) is 22.7 Å². The minimum Gasteiger partial charge on any atom is -0.692 e. The van der Waals surface area contributed by atoms with Crippen molar-refractivity contribution >= 4 is 110 Å². The van der Waals surface area contributed by atoms with Gasteiger partial charge in [-0.2, -0.15) is 11.4 Å². The summed E-state index contributed by atoms with van der Waals surface area (Å²) in [6.07, 6.45) is 17.2. The van der Waals surface area contributed by atoms with E-state index in [9.17, 15) is 0 Å². The molecule has 0 aliphatic rings. The van der Waals surface area contributed by atoms with Crippen LogP contribution in [0.2, 0.25) is 0 Å². The van der Waals surface area contributed by atoms with Crippen molar-refractivity contribution in [3.8, 4) is 11.8 Å². The predicted molar refractivity (Wildman–Crippen MR) is 364 cm³/mol.